The lowest BCUT2D eigenvalue weighted by Gasteiger charge is -2.09. The summed E-state index contributed by atoms with van der Waals surface area (Å²) in [5.74, 6) is 5.65. The van der Waals surface area contributed by atoms with Crippen molar-refractivity contribution < 1.29 is 9.32 Å². The van der Waals surface area contributed by atoms with Gasteiger partial charge in [-0.05, 0) is 13.0 Å². The average Bonchev–Trinajstić information content (AvgIpc) is 2.91. The van der Waals surface area contributed by atoms with Gasteiger partial charge in [0.1, 0.15) is 0 Å². The summed E-state index contributed by atoms with van der Waals surface area (Å²) >= 11 is 0. The molecule has 0 bridgehead atoms. The van der Waals surface area contributed by atoms with Crippen molar-refractivity contribution in [2.45, 2.75) is 13.3 Å². The Bertz CT molecular complexity index is 554. The molecular weight excluding hydrogens is 248 g/mol. The molecule has 0 atom stereocenters. The molecule has 0 saturated heterocycles. The summed E-state index contributed by atoms with van der Waals surface area (Å²) in [5, 5.41) is 6.38. The Kier molecular flexibility index (Phi) is 4.04. The zero-order valence-corrected chi connectivity index (χ0v) is 10.4. The van der Waals surface area contributed by atoms with E-state index in [1.807, 2.05) is 6.92 Å². The number of amides is 1. The number of hydrazine groups is 1. The van der Waals surface area contributed by atoms with E-state index in [1.165, 1.54) is 12.6 Å². The molecule has 4 N–H and O–H groups in total. The third kappa shape index (κ3) is 3.26. The number of nitrogens with zero attached hydrogens (tertiary/aromatic N) is 3. The highest BCUT2D eigenvalue weighted by molar-refractivity contribution is 5.99. The van der Waals surface area contributed by atoms with Gasteiger partial charge in [-0.25, -0.2) is 0 Å². The SMILES string of the molecule is Cc1cc(NN)c(C(=O)NCCc2ncon2)cn1. The van der Waals surface area contributed by atoms with Crippen LogP contribution in [0.4, 0.5) is 5.69 Å². The molecule has 0 unspecified atom stereocenters. The molecule has 0 aliphatic carbocycles. The van der Waals surface area contributed by atoms with E-state index in [1.54, 1.807) is 6.07 Å². The van der Waals surface area contributed by atoms with Crippen molar-refractivity contribution in [1.29, 1.82) is 0 Å². The number of carbonyl (C=O) groups is 1. The van der Waals surface area contributed by atoms with Crippen molar-refractivity contribution in [2.75, 3.05) is 12.0 Å². The molecule has 2 heterocycles. The molecule has 0 radical (unpaired) electrons. The number of rotatable bonds is 5. The monoisotopic (exact) mass is 262 g/mol. The summed E-state index contributed by atoms with van der Waals surface area (Å²) in [5.41, 5.74) is 4.18. The van der Waals surface area contributed by atoms with E-state index in [0.29, 0.717) is 30.0 Å². The summed E-state index contributed by atoms with van der Waals surface area (Å²) in [7, 11) is 0. The van der Waals surface area contributed by atoms with E-state index >= 15 is 0 Å². The summed E-state index contributed by atoms with van der Waals surface area (Å²) in [6.45, 7) is 2.22. The zero-order valence-electron chi connectivity index (χ0n) is 10.4. The van der Waals surface area contributed by atoms with Gasteiger partial charge in [-0.3, -0.25) is 15.6 Å². The lowest BCUT2D eigenvalue weighted by molar-refractivity contribution is 0.0954. The first kappa shape index (κ1) is 13.0. The van der Waals surface area contributed by atoms with Crippen molar-refractivity contribution >= 4 is 11.6 Å². The van der Waals surface area contributed by atoms with Crippen molar-refractivity contribution in [3.05, 3.63) is 35.7 Å². The van der Waals surface area contributed by atoms with Gasteiger partial charge in [0.2, 0.25) is 6.39 Å². The first-order chi connectivity index (χ1) is 9.20. The molecule has 2 aromatic heterocycles. The van der Waals surface area contributed by atoms with E-state index in [2.05, 4.69) is 30.4 Å². The van der Waals surface area contributed by atoms with Crippen molar-refractivity contribution in [3.63, 3.8) is 0 Å². The Balaban J connectivity index is 1.96. The van der Waals surface area contributed by atoms with Crippen molar-refractivity contribution in [3.8, 4) is 0 Å². The second-order valence-electron chi connectivity index (χ2n) is 3.87. The maximum atomic E-state index is 12.0. The fourth-order valence-electron chi connectivity index (χ4n) is 1.55. The largest absolute Gasteiger partial charge is 0.351 e. The summed E-state index contributed by atoms with van der Waals surface area (Å²) in [6, 6.07) is 1.70. The number of nitrogens with two attached hydrogens (primary N) is 1. The molecule has 100 valence electrons. The molecule has 0 saturated carbocycles. The van der Waals surface area contributed by atoms with Crippen LogP contribution in [0.25, 0.3) is 0 Å². The molecule has 0 spiro atoms. The highest BCUT2D eigenvalue weighted by atomic mass is 16.5. The van der Waals surface area contributed by atoms with Gasteiger partial charge >= 0.3 is 0 Å². The second kappa shape index (κ2) is 5.91. The maximum Gasteiger partial charge on any atom is 0.255 e. The Morgan fingerprint density at radius 2 is 2.32 bits per heavy atom. The number of hydrogen-bond donors (Lipinski definition) is 3. The van der Waals surface area contributed by atoms with Crippen molar-refractivity contribution in [1.82, 2.24) is 20.4 Å². The molecule has 2 rings (SSSR count). The second-order valence-corrected chi connectivity index (χ2v) is 3.87. The van der Waals surface area contributed by atoms with Crippen LogP contribution in [0.5, 0.6) is 0 Å². The molecule has 0 aromatic carbocycles. The van der Waals surface area contributed by atoms with Crippen LogP contribution < -0.4 is 16.6 Å². The Hall–Kier alpha value is -2.48. The van der Waals surface area contributed by atoms with Gasteiger partial charge in [0.05, 0.1) is 11.3 Å². The first-order valence-electron chi connectivity index (χ1n) is 5.67. The molecule has 8 nitrogen and oxygen atoms in total. The topological polar surface area (TPSA) is 119 Å². The van der Waals surface area contributed by atoms with Gasteiger partial charge in [-0.15, -0.1) is 0 Å². The van der Waals surface area contributed by atoms with Gasteiger partial charge in [0.15, 0.2) is 5.82 Å². The third-order valence-electron chi connectivity index (χ3n) is 2.48. The van der Waals surface area contributed by atoms with Crippen LogP contribution in [-0.4, -0.2) is 27.6 Å². The predicted octanol–water partition coefficient (Wildman–Crippen LogP) is 0.0311. The molecule has 0 aliphatic rings. The number of aromatic nitrogens is 3. The predicted molar refractivity (Wildman–Crippen MR) is 67.1 cm³/mol. The van der Waals surface area contributed by atoms with Crippen LogP contribution in [0, 0.1) is 6.92 Å². The van der Waals surface area contributed by atoms with E-state index in [4.69, 9.17) is 5.84 Å². The highest BCUT2D eigenvalue weighted by Crippen LogP contribution is 2.13. The number of carbonyl (C=O) groups excluding carboxylic acids is 1. The Labute approximate surface area is 109 Å². The third-order valence-corrected chi connectivity index (χ3v) is 2.48. The molecule has 19 heavy (non-hydrogen) atoms. The quantitative estimate of drug-likeness (QED) is 0.513. The number of anilines is 1. The Morgan fingerprint density at radius 1 is 1.47 bits per heavy atom. The normalized spacial score (nSPS) is 10.2. The van der Waals surface area contributed by atoms with Crippen LogP contribution >= 0.6 is 0 Å². The van der Waals surface area contributed by atoms with E-state index < -0.39 is 0 Å². The molecule has 1 amide bonds. The molecule has 0 fully saturated rings. The first-order valence-corrected chi connectivity index (χ1v) is 5.67. The molecular formula is C11H14N6O2. The van der Waals surface area contributed by atoms with Crippen LogP contribution in [-0.2, 0) is 6.42 Å². The van der Waals surface area contributed by atoms with Crippen LogP contribution in [0.15, 0.2) is 23.2 Å². The van der Waals surface area contributed by atoms with E-state index in [0.717, 1.165) is 5.69 Å². The minimum Gasteiger partial charge on any atom is -0.351 e. The van der Waals surface area contributed by atoms with Gasteiger partial charge in [-0.2, -0.15) is 4.98 Å². The Morgan fingerprint density at radius 3 is 3.00 bits per heavy atom. The van der Waals surface area contributed by atoms with Gasteiger partial charge in [0.25, 0.3) is 5.91 Å². The number of nitrogen functional groups attached to an aromatic ring is 1. The lowest BCUT2D eigenvalue weighted by Crippen LogP contribution is -2.27. The maximum absolute atomic E-state index is 12.0. The minimum atomic E-state index is -0.260. The summed E-state index contributed by atoms with van der Waals surface area (Å²) in [4.78, 5) is 19.9. The lowest BCUT2D eigenvalue weighted by atomic mass is 10.2. The minimum absolute atomic E-state index is 0.260. The molecule has 0 aliphatic heterocycles. The van der Waals surface area contributed by atoms with Crippen LogP contribution in [0.2, 0.25) is 0 Å². The van der Waals surface area contributed by atoms with Crippen molar-refractivity contribution in [2.24, 2.45) is 5.84 Å². The van der Waals surface area contributed by atoms with E-state index in [9.17, 15) is 4.79 Å². The fraction of sp³-hybridized carbons (Fsp3) is 0.273. The zero-order chi connectivity index (χ0) is 13.7. The van der Waals surface area contributed by atoms with E-state index in [-0.39, 0.29) is 5.91 Å². The molecule has 2 aromatic rings. The summed E-state index contributed by atoms with van der Waals surface area (Å²) < 4.78 is 4.60. The summed E-state index contributed by atoms with van der Waals surface area (Å²) in [6.07, 6.45) is 3.22. The molecule has 8 heteroatoms. The van der Waals surface area contributed by atoms with Gasteiger partial charge < -0.3 is 15.3 Å². The fourth-order valence-corrected chi connectivity index (χ4v) is 1.55. The standard InChI is InChI=1S/C11H14N6O2/c1-7-4-9(16-12)8(5-14-7)11(18)13-3-2-10-15-6-19-17-10/h4-6H,2-3,12H2,1H3,(H,13,18)(H,14,16). The smallest absolute Gasteiger partial charge is 0.255 e. The van der Waals surface area contributed by atoms with Crippen LogP contribution in [0.1, 0.15) is 21.9 Å². The number of aryl methyl sites for hydroxylation is 1. The average molecular weight is 262 g/mol. The highest BCUT2D eigenvalue weighted by Gasteiger charge is 2.11. The number of hydrogen-bond acceptors (Lipinski definition) is 7. The van der Waals surface area contributed by atoms with Crippen LogP contribution in [0.3, 0.4) is 0 Å². The van der Waals surface area contributed by atoms with Gasteiger partial charge in [0, 0.05) is 24.9 Å². The number of nitrogens with one attached hydrogen (secondary N) is 2. The van der Waals surface area contributed by atoms with Gasteiger partial charge in [-0.1, -0.05) is 5.16 Å². The number of pyridine rings is 1.